The van der Waals surface area contributed by atoms with Crippen molar-refractivity contribution in [3.05, 3.63) is 63.2 Å². The van der Waals surface area contributed by atoms with E-state index in [4.69, 9.17) is 21.1 Å². The summed E-state index contributed by atoms with van der Waals surface area (Å²) in [4.78, 5) is 34.4. The zero-order chi connectivity index (χ0) is 20.7. The first kappa shape index (κ1) is 21.2. The van der Waals surface area contributed by atoms with E-state index in [2.05, 4.69) is 5.32 Å². The maximum Gasteiger partial charge on any atom is 0.338 e. The van der Waals surface area contributed by atoms with Crippen LogP contribution < -0.4 is 10.1 Å². The third-order valence-electron chi connectivity index (χ3n) is 3.64. The molecule has 148 valence electrons. The molecule has 0 spiro atoms. The normalized spacial score (nSPS) is 11.4. The SMILES string of the molecule is CCCNC(=O)[C@@H](C)OC(=O)c1ccc(Oc2ccc(Cl)cc2[N+](=O)[O-])cc1. The van der Waals surface area contributed by atoms with Crippen LogP contribution in [0.2, 0.25) is 5.02 Å². The van der Waals surface area contributed by atoms with Gasteiger partial charge in [-0.15, -0.1) is 0 Å². The second kappa shape index (κ2) is 9.70. The van der Waals surface area contributed by atoms with Crippen molar-refractivity contribution < 1.29 is 24.0 Å². The van der Waals surface area contributed by atoms with Crippen molar-refractivity contribution in [2.45, 2.75) is 26.4 Å². The topological polar surface area (TPSA) is 108 Å². The van der Waals surface area contributed by atoms with Crippen LogP contribution >= 0.6 is 11.6 Å². The zero-order valence-electron chi connectivity index (χ0n) is 15.3. The van der Waals surface area contributed by atoms with E-state index in [1.165, 1.54) is 49.4 Å². The number of ether oxygens (including phenoxy) is 2. The molecule has 0 heterocycles. The molecule has 0 aliphatic carbocycles. The van der Waals surface area contributed by atoms with Crippen LogP contribution in [0.25, 0.3) is 0 Å². The number of amides is 1. The molecule has 0 aliphatic rings. The summed E-state index contributed by atoms with van der Waals surface area (Å²) in [6, 6.07) is 9.87. The maximum atomic E-state index is 12.1. The Bertz CT molecular complexity index is 869. The number of halogens is 1. The molecule has 0 radical (unpaired) electrons. The Hall–Kier alpha value is -3.13. The third kappa shape index (κ3) is 5.68. The summed E-state index contributed by atoms with van der Waals surface area (Å²) in [5.74, 6) is -0.727. The van der Waals surface area contributed by atoms with Crippen LogP contribution in [-0.2, 0) is 9.53 Å². The minimum atomic E-state index is -0.924. The minimum absolute atomic E-state index is 0.0194. The second-order valence-electron chi connectivity index (χ2n) is 5.83. The number of carbonyl (C=O) groups excluding carboxylic acids is 2. The van der Waals surface area contributed by atoms with E-state index < -0.39 is 17.0 Å². The average Bonchev–Trinajstić information content (AvgIpc) is 2.67. The van der Waals surface area contributed by atoms with Crippen LogP contribution in [0.1, 0.15) is 30.6 Å². The summed E-state index contributed by atoms with van der Waals surface area (Å²) in [5.41, 5.74) is -0.0593. The molecule has 2 aromatic carbocycles. The molecule has 28 heavy (non-hydrogen) atoms. The Morgan fingerprint density at radius 1 is 1.21 bits per heavy atom. The molecule has 0 saturated heterocycles. The van der Waals surface area contributed by atoms with E-state index in [0.29, 0.717) is 6.54 Å². The van der Waals surface area contributed by atoms with Crippen molar-refractivity contribution in [3.8, 4) is 11.5 Å². The number of esters is 1. The highest BCUT2D eigenvalue weighted by Crippen LogP contribution is 2.33. The molecule has 0 unspecified atom stereocenters. The standard InChI is InChI=1S/C19H19ClN2O6/c1-3-10-21-18(23)12(2)27-19(24)13-4-7-15(8-5-13)28-17-9-6-14(20)11-16(17)22(25)26/h4-9,11-12H,3,10H2,1-2H3,(H,21,23)/t12-/m1/s1. The number of hydrogen-bond donors (Lipinski definition) is 1. The van der Waals surface area contributed by atoms with Gasteiger partial charge in [-0.25, -0.2) is 4.79 Å². The lowest BCUT2D eigenvalue weighted by Gasteiger charge is -2.13. The van der Waals surface area contributed by atoms with Gasteiger partial charge in [-0.05, 0) is 49.7 Å². The Labute approximate surface area is 166 Å². The minimum Gasteiger partial charge on any atom is -0.450 e. The van der Waals surface area contributed by atoms with Gasteiger partial charge < -0.3 is 14.8 Å². The van der Waals surface area contributed by atoms with Gasteiger partial charge in [0.15, 0.2) is 6.10 Å². The van der Waals surface area contributed by atoms with E-state index in [9.17, 15) is 19.7 Å². The van der Waals surface area contributed by atoms with Gasteiger partial charge in [-0.1, -0.05) is 18.5 Å². The fourth-order valence-corrected chi connectivity index (χ4v) is 2.35. The lowest BCUT2D eigenvalue weighted by atomic mass is 10.2. The summed E-state index contributed by atoms with van der Waals surface area (Å²) in [6.07, 6.45) is -0.147. The van der Waals surface area contributed by atoms with Crippen molar-refractivity contribution in [3.63, 3.8) is 0 Å². The molecule has 1 atom stereocenters. The number of nitrogens with one attached hydrogen (secondary N) is 1. The molecule has 0 bridgehead atoms. The van der Waals surface area contributed by atoms with Crippen molar-refractivity contribution in [1.29, 1.82) is 0 Å². The highest BCUT2D eigenvalue weighted by molar-refractivity contribution is 6.30. The number of benzene rings is 2. The first-order chi connectivity index (χ1) is 13.3. The number of nitro benzene ring substituents is 1. The first-order valence-electron chi connectivity index (χ1n) is 8.52. The number of hydrogen-bond acceptors (Lipinski definition) is 6. The van der Waals surface area contributed by atoms with Gasteiger partial charge in [-0.2, -0.15) is 0 Å². The van der Waals surface area contributed by atoms with Gasteiger partial charge in [0.2, 0.25) is 5.75 Å². The zero-order valence-corrected chi connectivity index (χ0v) is 16.1. The van der Waals surface area contributed by atoms with Crippen LogP contribution in [0.4, 0.5) is 5.69 Å². The molecule has 0 saturated carbocycles. The second-order valence-corrected chi connectivity index (χ2v) is 6.27. The third-order valence-corrected chi connectivity index (χ3v) is 3.87. The smallest absolute Gasteiger partial charge is 0.338 e. The molecule has 1 N–H and O–H groups in total. The summed E-state index contributed by atoms with van der Waals surface area (Å²) in [7, 11) is 0. The summed E-state index contributed by atoms with van der Waals surface area (Å²) < 4.78 is 10.6. The molecule has 0 fully saturated rings. The number of nitro groups is 1. The Morgan fingerprint density at radius 3 is 2.50 bits per heavy atom. The van der Waals surface area contributed by atoms with Crippen molar-refractivity contribution in [1.82, 2.24) is 5.32 Å². The van der Waals surface area contributed by atoms with Gasteiger partial charge in [0, 0.05) is 17.6 Å². The molecule has 0 aromatic heterocycles. The van der Waals surface area contributed by atoms with E-state index in [1.54, 1.807) is 0 Å². The monoisotopic (exact) mass is 406 g/mol. The molecule has 1 amide bonds. The molecule has 2 aromatic rings. The maximum absolute atomic E-state index is 12.1. The van der Waals surface area contributed by atoms with Crippen molar-refractivity contribution in [2.75, 3.05) is 6.54 Å². The van der Waals surface area contributed by atoms with Gasteiger partial charge in [0.05, 0.1) is 10.5 Å². The van der Waals surface area contributed by atoms with Gasteiger partial charge in [0.25, 0.3) is 5.91 Å². The van der Waals surface area contributed by atoms with E-state index >= 15 is 0 Å². The molecule has 8 nitrogen and oxygen atoms in total. The molecule has 0 aliphatic heterocycles. The predicted octanol–water partition coefficient (Wildman–Crippen LogP) is 4.11. The fraction of sp³-hybridized carbons (Fsp3) is 0.263. The van der Waals surface area contributed by atoms with E-state index in [1.807, 2.05) is 6.92 Å². The molecule has 9 heteroatoms. The summed E-state index contributed by atoms with van der Waals surface area (Å²) in [6.45, 7) is 3.91. The van der Waals surface area contributed by atoms with E-state index in [0.717, 1.165) is 6.42 Å². The van der Waals surface area contributed by atoms with Gasteiger partial charge in [0.1, 0.15) is 5.75 Å². The molecular weight excluding hydrogens is 388 g/mol. The highest BCUT2D eigenvalue weighted by Gasteiger charge is 2.19. The van der Waals surface area contributed by atoms with Crippen LogP contribution in [-0.4, -0.2) is 29.4 Å². The Balaban J connectivity index is 2.05. The van der Waals surface area contributed by atoms with Crippen molar-refractivity contribution >= 4 is 29.2 Å². The van der Waals surface area contributed by atoms with Crippen molar-refractivity contribution in [2.24, 2.45) is 0 Å². The highest BCUT2D eigenvalue weighted by atomic mass is 35.5. The van der Waals surface area contributed by atoms with Gasteiger partial charge in [-0.3, -0.25) is 14.9 Å². The van der Waals surface area contributed by atoms with Crippen LogP contribution in [0.5, 0.6) is 11.5 Å². The predicted molar refractivity (Wildman–Crippen MR) is 103 cm³/mol. The largest absolute Gasteiger partial charge is 0.450 e. The summed E-state index contributed by atoms with van der Waals surface area (Å²) >= 11 is 5.77. The van der Waals surface area contributed by atoms with Crippen LogP contribution in [0.3, 0.4) is 0 Å². The number of rotatable bonds is 8. The lowest BCUT2D eigenvalue weighted by Crippen LogP contribution is -2.36. The lowest BCUT2D eigenvalue weighted by molar-refractivity contribution is -0.385. The first-order valence-corrected chi connectivity index (χ1v) is 8.90. The molecular formula is C19H19ClN2O6. The molecule has 2 rings (SSSR count). The number of nitrogens with zero attached hydrogens (tertiary/aromatic N) is 1. The number of carbonyl (C=O) groups is 2. The fourth-order valence-electron chi connectivity index (χ4n) is 2.18. The van der Waals surface area contributed by atoms with E-state index in [-0.39, 0.29) is 33.7 Å². The Kier molecular flexibility index (Phi) is 7.34. The van der Waals surface area contributed by atoms with Crippen LogP contribution in [0.15, 0.2) is 42.5 Å². The van der Waals surface area contributed by atoms with Gasteiger partial charge >= 0.3 is 11.7 Å². The summed E-state index contributed by atoms with van der Waals surface area (Å²) in [5, 5.41) is 14.0. The quantitative estimate of drug-likeness (QED) is 0.401. The Morgan fingerprint density at radius 2 is 1.89 bits per heavy atom. The van der Waals surface area contributed by atoms with Crippen LogP contribution in [0, 0.1) is 10.1 Å². The average molecular weight is 407 g/mol.